The Morgan fingerprint density at radius 1 is 1.05 bits per heavy atom. The van der Waals surface area contributed by atoms with E-state index < -0.39 is 0 Å². The molecule has 2 aromatic heterocycles. The van der Waals surface area contributed by atoms with Crippen LogP contribution in [0.4, 0.5) is 10.2 Å². The van der Waals surface area contributed by atoms with E-state index in [-0.39, 0.29) is 11.9 Å². The van der Waals surface area contributed by atoms with E-state index in [1.54, 1.807) is 16.8 Å². The molecule has 1 aromatic carbocycles. The second-order valence-corrected chi connectivity index (χ2v) is 5.25. The molecule has 5 heteroatoms. The van der Waals surface area contributed by atoms with Crippen LogP contribution in [0.2, 0.25) is 0 Å². The molecule has 0 aliphatic carbocycles. The number of nitrogens with one attached hydrogen (secondary N) is 1. The summed E-state index contributed by atoms with van der Waals surface area (Å²) >= 11 is 0. The van der Waals surface area contributed by atoms with Crippen LogP contribution in [-0.2, 0) is 7.05 Å². The average molecular weight is 296 g/mol. The van der Waals surface area contributed by atoms with E-state index in [0.29, 0.717) is 0 Å². The number of pyridine rings is 1. The predicted molar refractivity (Wildman–Crippen MR) is 84.9 cm³/mol. The summed E-state index contributed by atoms with van der Waals surface area (Å²) in [5.41, 5.74) is 3.07. The molecule has 0 aliphatic rings. The number of hydrogen-bond acceptors (Lipinski definition) is 3. The van der Waals surface area contributed by atoms with Crippen LogP contribution in [-0.4, -0.2) is 14.8 Å². The van der Waals surface area contributed by atoms with E-state index >= 15 is 0 Å². The topological polar surface area (TPSA) is 42.7 Å². The van der Waals surface area contributed by atoms with Crippen LogP contribution in [0.15, 0.2) is 55.0 Å². The third kappa shape index (κ3) is 3.14. The maximum atomic E-state index is 12.9. The van der Waals surface area contributed by atoms with Crippen LogP contribution in [0.5, 0.6) is 0 Å². The highest BCUT2D eigenvalue weighted by Crippen LogP contribution is 2.21. The summed E-state index contributed by atoms with van der Waals surface area (Å²) in [5, 5.41) is 7.46. The lowest BCUT2D eigenvalue weighted by Crippen LogP contribution is -2.07. The number of aryl methyl sites for hydroxylation is 1. The first-order valence-electron chi connectivity index (χ1n) is 7.09. The molecular weight excluding hydrogens is 279 g/mol. The van der Waals surface area contributed by atoms with Gasteiger partial charge >= 0.3 is 0 Å². The van der Waals surface area contributed by atoms with Crippen molar-refractivity contribution >= 4 is 5.82 Å². The average Bonchev–Trinajstić information content (AvgIpc) is 2.95. The zero-order valence-corrected chi connectivity index (χ0v) is 12.5. The monoisotopic (exact) mass is 296 g/mol. The van der Waals surface area contributed by atoms with Crippen molar-refractivity contribution in [1.82, 2.24) is 14.8 Å². The zero-order chi connectivity index (χ0) is 15.5. The Kier molecular flexibility index (Phi) is 3.87. The van der Waals surface area contributed by atoms with Crippen molar-refractivity contribution in [2.45, 2.75) is 13.0 Å². The maximum Gasteiger partial charge on any atom is 0.126 e. The molecule has 0 unspecified atom stereocenters. The van der Waals surface area contributed by atoms with Gasteiger partial charge in [0, 0.05) is 36.6 Å². The first-order valence-corrected chi connectivity index (χ1v) is 7.09. The van der Waals surface area contributed by atoms with E-state index in [1.807, 2.05) is 44.7 Å². The number of nitrogens with zero attached hydrogens (tertiary/aromatic N) is 3. The van der Waals surface area contributed by atoms with Crippen LogP contribution >= 0.6 is 0 Å². The lowest BCUT2D eigenvalue weighted by molar-refractivity contribution is 0.626. The smallest absolute Gasteiger partial charge is 0.126 e. The molecule has 112 valence electrons. The quantitative estimate of drug-likeness (QED) is 0.796. The van der Waals surface area contributed by atoms with Gasteiger partial charge in [-0.25, -0.2) is 9.37 Å². The van der Waals surface area contributed by atoms with Gasteiger partial charge in [0.05, 0.1) is 6.20 Å². The van der Waals surface area contributed by atoms with Gasteiger partial charge in [-0.15, -0.1) is 0 Å². The molecule has 22 heavy (non-hydrogen) atoms. The summed E-state index contributed by atoms with van der Waals surface area (Å²) in [7, 11) is 1.89. The number of benzene rings is 1. The van der Waals surface area contributed by atoms with Crippen LogP contribution in [0.3, 0.4) is 0 Å². The zero-order valence-electron chi connectivity index (χ0n) is 12.5. The molecule has 0 saturated heterocycles. The van der Waals surface area contributed by atoms with Crippen molar-refractivity contribution in [2.24, 2.45) is 7.05 Å². The van der Waals surface area contributed by atoms with Crippen molar-refractivity contribution in [2.75, 3.05) is 5.32 Å². The maximum absolute atomic E-state index is 12.9. The minimum atomic E-state index is -0.227. The Balaban J connectivity index is 1.72. The number of aromatic nitrogens is 3. The Labute approximate surface area is 128 Å². The van der Waals surface area contributed by atoms with Gasteiger partial charge in [0.2, 0.25) is 0 Å². The molecule has 1 atom stereocenters. The summed E-state index contributed by atoms with van der Waals surface area (Å²) in [6.07, 6.45) is 5.58. The summed E-state index contributed by atoms with van der Waals surface area (Å²) in [6, 6.07) is 10.5. The number of rotatable bonds is 4. The summed E-state index contributed by atoms with van der Waals surface area (Å²) in [5.74, 6) is 0.555. The molecule has 0 spiro atoms. The molecule has 1 N–H and O–H groups in total. The summed E-state index contributed by atoms with van der Waals surface area (Å²) in [4.78, 5) is 4.43. The summed E-state index contributed by atoms with van der Waals surface area (Å²) in [6.45, 7) is 2.02. The standard InChI is InChI=1S/C17H17FN4/c1-12(13-3-6-16(18)7-4-13)21-17-8-5-14(9-19-17)15-10-20-22(2)11-15/h3-12H,1-2H3,(H,19,21)/t12-/m1/s1. The highest BCUT2D eigenvalue weighted by Gasteiger charge is 2.07. The molecular formula is C17H17FN4. The van der Waals surface area contributed by atoms with Crippen molar-refractivity contribution in [3.05, 3.63) is 66.4 Å². The van der Waals surface area contributed by atoms with E-state index in [0.717, 1.165) is 22.5 Å². The second kappa shape index (κ2) is 5.97. The third-order valence-electron chi connectivity index (χ3n) is 3.54. The molecule has 0 bridgehead atoms. The van der Waals surface area contributed by atoms with E-state index in [9.17, 15) is 4.39 Å². The van der Waals surface area contributed by atoms with Gasteiger partial charge in [-0.2, -0.15) is 5.10 Å². The Morgan fingerprint density at radius 2 is 1.82 bits per heavy atom. The van der Waals surface area contributed by atoms with Gasteiger partial charge in [-0.1, -0.05) is 12.1 Å². The highest BCUT2D eigenvalue weighted by molar-refractivity contribution is 5.62. The molecule has 2 heterocycles. The number of hydrogen-bond donors (Lipinski definition) is 1. The third-order valence-corrected chi connectivity index (χ3v) is 3.54. The normalized spacial score (nSPS) is 12.1. The Bertz CT molecular complexity index is 747. The van der Waals surface area contributed by atoms with E-state index in [4.69, 9.17) is 0 Å². The Morgan fingerprint density at radius 3 is 2.41 bits per heavy atom. The van der Waals surface area contributed by atoms with Crippen LogP contribution in [0.25, 0.3) is 11.1 Å². The van der Waals surface area contributed by atoms with Crippen molar-refractivity contribution < 1.29 is 4.39 Å². The predicted octanol–water partition coefficient (Wildman–Crippen LogP) is 3.79. The molecule has 4 nitrogen and oxygen atoms in total. The van der Waals surface area contributed by atoms with Crippen LogP contribution < -0.4 is 5.32 Å². The second-order valence-electron chi connectivity index (χ2n) is 5.25. The largest absolute Gasteiger partial charge is 0.364 e. The fourth-order valence-electron chi connectivity index (χ4n) is 2.28. The Hall–Kier alpha value is -2.69. The van der Waals surface area contributed by atoms with Crippen molar-refractivity contribution in [3.8, 4) is 11.1 Å². The van der Waals surface area contributed by atoms with Gasteiger partial charge in [0.1, 0.15) is 11.6 Å². The lowest BCUT2D eigenvalue weighted by atomic mass is 10.1. The van der Waals surface area contributed by atoms with Crippen molar-refractivity contribution in [3.63, 3.8) is 0 Å². The van der Waals surface area contributed by atoms with Gasteiger partial charge in [0.15, 0.2) is 0 Å². The van der Waals surface area contributed by atoms with E-state index in [1.165, 1.54) is 12.1 Å². The van der Waals surface area contributed by atoms with Gasteiger partial charge in [0.25, 0.3) is 0 Å². The van der Waals surface area contributed by atoms with E-state index in [2.05, 4.69) is 15.4 Å². The fraction of sp³-hybridized carbons (Fsp3) is 0.176. The molecule has 0 radical (unpaired) electrons. The van der Waals surface area contributed by atoms with Gasteiger partial charge in [-0.3, -0.25) is 4.68 Å². The SMILES string of the molecule is C[C@@H](Nc1ccc(-c2cnn(C)c2)cn1)c1ccc(F)cc1. The molecule has 0 aliphatic heterocycles. The first-order chi connectivity index (χ1) is 10.6. The molecule has 0 fully saturated rings. The molecule has 3 aromatic rings. The van der Waals surface area contributed by atoms with Crippen LogP contribution in [0, 0.1) is 5.82 Å². The highest BCUT2D eigenvalue weighted by atomic mass is 19.1. The minimum absolute atomic E-state index is 0.0531. The number of halogens is 1. The summed E-state index contributed by atoms with van der Waals surface area (Å²) < 4.78 is 14.7. The molecule has 0 amide bonds. The van der Waals surface area contributed by atoms with Gasteiger partial charge in [-0.05, 0) is 36.8 Å². The minimum Gasteiger partial charge on any atom is -0.364 e. The molecule has 3 rings (SSSR count). The fourth-order valence-corrected chi connectivity index (χ4v) is 2.28. The lowest BCUT2D eigenvalue weighted by Gasteiger charge is -2.15. The number of anilines is 1. The van der Waals surface area contributed by atoms with Crippen LogP contribution in [0.1, 0.15) is 18.5 Å². The molecule has 0 saturated carbocycles. The van der Waals surface area contributed by atoms with Gasteiger partial charge < -0.3 is 5.32 Å². The van der Waals surface area contributed by atoms with Crippen molar-refractivity contribution in [1.29, 1.82) is 0 Å². The first kappa shape index (κ1) is 14.3.